The van der Waals surface area contributed by atoms with Gasteiger partial charge in [0.25, 0.3) is 11.8 Å². The van der Waals surface area contributed by atoms with Crippen molar-refractivity contribution in [2.24, 2.45) is 0 Å². The molecule has 0 saturated heterocycles. The minimum atomic E-state index is -0.323. The molecule has 0 aromatic heterocycles. The van der Waals surface area contributed by atoms with Gasteiger partial charge in [-0.15, -0.1) is 0 Å². The summed E-state index contributed by atoms with van der Waals surface area (Å²) in [5, 5.41) is 3.28. The second-order valence-electron chi connectivity index (χ2n) is 6.21. The lowest BCUT2D eigenvalue weighted by molar-refractivity contribution is 0.0926. The van der Waals surface area contributed by atoms with Gasteiger partial charge in [-0.25, -0.2) is 4.90 Å². The van der Waals surface area contributed by atoms with Crippen molar-refractivity contribution in [3.8, 4) is 5.75 Å². The first kappa shape index (κ1) is 16.8. The number of nitrogens with one attached hydrogen (secondary N) is 1. The fourth-order valence-electron chi connectivity index (χ4n) is 3.19. The van der Waals surface area contributed by atoms with Crippen LogP contribution in [0.3, 0.4) is 0 Å². The summed E-state index contributed by atoms with van der Waals surface area (Å²) in [6.07, 6.45) is 0. The molecule has 1 heterocycles. The van der Waals surface area contributed by atoms with Gasteiger partial charge in [0.15, 0.2) is 0 Å². The fourth-order valence-corrected chi connectivity index (χ4v) is 3.19. The van der Waals surface area contributed by atoms with E-state index in [1.165, 1.54) is 4.90 Å². The first-order valence-corrected chi connectivity index (χ1v) is 8.62. The molecule has 27 heavy (non-hydrogen) atoms. The Hall–Kier alpha value is -3.60. The van der Waals surface area contributed by atoms with Crippen molar-refractivity contribution < 1.29 is 14.3 Å². The molecular weight excluding hydrogens is 340 g/mol. The van der Waals surface area contributed by atoms with E-state index >= 15 is 0 Å². The highest BCUT2D eigenvalue weighted by Gasteiger charge is 2.38. The molecule has 0 aliphatic carbocycles. The van der Waals surface area contributed by atoms with Gasteiger partial charge in [0.1, 0.15) is 5.75 Å². The van der Waals surface area contributed by atoms with E-state index in [4.69, 9.17) is 4.74 Å². The second-order valence-corrected chi connectivity index (χ2v) is 6.21. The summed E-state index contributed by atoms with van der Waals surface area (Å²) in [6, 6.07) is 22.1. The zero-order valence-corrected chi connectivity index (χ0v) is 14.8. The normalized spacial score (nSPS) is 12.9. The zero-order valence-electron chi connectivity index (χ0n) is 14.8. The second kappa shape index (κ2) is 6.96. The third-order valence-corrected chi connectivity index (χ3v) is 4.57. The lowest BCUT2D eigenvalue weighted by atomic mass is 10.1. The highest BCUT2D eigenvalue weighted by Crippen LogP contribution is 2.33. The molecule has 1 N–H and O–H groups in total. The van der Waals surface area contributed by atoms with Crippen molar-refractivity contribution in [3.05, 3.63) is 89.5 Å². The van der Waals surface area contributed by atoms with Gasteiger partial charge in [0, 0.05) is 12.2 Å². The van der Waals surface area contributed by atoms with E-state index in [2.05, 4.69) is 5.32 Å². The van der Waals surface area contributed by atoms with E-state index in [-0.39, 0.29) is 11.8 Å². The maximum Gasteiger partial charge on any atom is 0.268 e. The molecule has 0 radical (unpaired) electrons. The number of amides is 2. The Labute approximate surface area is 157 Å². The molecule has 0 saturated carbocycles. The number of ether oxygens (including phenoxy) is 1. The molecular formula is C22H18N2O3. The van der Waals surface area contributed by atoms with Gasteiger partial charge in [0.05, 0.1) is 23.9 Å². The third kappa shape index (κ3) is 3.04. The smallest absolute Gasteiger partial charge is 0.268 e. The fraction of sp³-hybridized carbons (Fsp3) is 0.0909. The summed E-state index contributed by atoms with van der Waals surface area (Å²) in [4.78, 5) is 27.1. The Morgan fingerprint density at radius 3 is 2.30 bits per heavy atom. The molecule has 0 unspecified atom stereocenters. The molecule has 0 atom stereocenters. The molecule has 1 aliphatic heterocycles. The molecule has 134 valence electrons. The van der Waals surface area contributed by atoms with E-state index < -0.39 is 0 Å². The maximum absolute atomic E-state index is 13.0. The van der Waals surface area contributed by atoms with Gasteiger partial charge >= 0.3 is 0 Å². The number of carbonyl (C=O) groups is 2. The van der Waals surface area contributed by atoms with Crippen LogP contribution in [0.5, 0.6) is 5.75 Å². The van der Waals surface area contributed by atoms with E-state index in [1.807, 2.05) is 36.4 Å². The van der Waals surface area contributed by atoms with E-state index in [0.29, 0.717) is 34.8 Å². The van der Waals surface area contributed by atoms with Gasteiger partial charge < -0.3 is 10.1 Å². The number of fused-ring (bicyclic) bond motifs is 1. The predicted octanol–water partition coefficient (Wildman–Crippen LogP) is 4.11. The van der Waals surface area contributed by atoms with Crippen LogP contribution < -0.4 is 15.0 Å². The Kier molecular flexibility index (Phi) is 4.34. The molecule has 4 rings (SSSR count). The van der Waals surface area contributed by atoms with Gasteiger partial charge in [0.2, 0.25) is 0 Å². The SMILES string of the molecule is COc1ccc(N2C(=O)c3cccc(NCc4ccccc4)c3C2=O)cc1. The topological polar surface area (TPSA) is 58.6 Å². The van der Waals surface area contributed by atoms with Crippen molar-refractivity contribution >= 4 is 23.2 Å². The minimum absolute atomic E-state index is 0.316. The summed E-state index contributed by atoms with van der Waals surface area (Å²) in [5.41, 5.74) is 3.10. The van der Waals surface area contributed by atoms with Crippen molar-refractivity contribution in [2.75, 3.05) is 17.3 Å². The number of imide groups is 1. The molecule has 3 aromatic carbocycles. The molecule has 2 amide bonds. The number of anilines is 2. The molecule has 0 bridgehead atoms. The molecule has 0 spiro atoms. The summed E-state index contributed by atoms with van der Waals surface area (Å²) in [7, 11) is 1.57. The van der Waals surface area contributed by atoms with Gasteiger partial charge in [-0.2, -0.15) is 0 Å². The Morgan fingerprint density at radius 1 is 0.852 bits per heavy atom. The van der Waals surface area contributed by atoms with Crippen LogP contribution >= 0.6 is 0 Å². The van der Waals surface area contributed by atoms with Crippen LogP contribution in [0.4, 0.5) is 11.4 Å². The molecule has 5 nitrogen and oxygen atoms in total. The lowest BCUT2D eigenvalue weighted by Gasteiger charge is -2.14. The largest absolute Gasteiger partial charge is 0.497 e. The third-order valence-electron chi connectivity index (χ3n) is 4.57. The monoisotopic (exact) mass is 358 g/mol. The van der Waals surface area contributed by atoms with E-state index in [0.717, 1.165) is 5.56 Å². The quantitative estimate of drug-likeness (QED) is 0.698. The molecule has 5 heteroatoms. The molecule has 3 aromatic rings. The Bertz CT molecular complexity index is 998. The zero-order chi connectivity index (χ0) is 18.8. The van der Waals surface area contributed by atoms with Crippen LogP contribution in [-0.2, 0) is 6.54 Å². The van der Waals surface area contributed by atoms with Crippen LogP contribution in [0.2, 0.25) is 0 Å². The number of hydrogen-bond donors (Lipinski definition) is 1. The van der Waals surface area contributed by atoms with E-state index in [9.17, 15) is 9.59 Å². The number of benzene rings is 3. The summed E-state index contributed by atoms with van der Waals surface area (Å²) >= 11 is 0. The Balaban J connectivity index is 1.64. The van der Waals surface area contributed by atoms with Crippen molar-refractivity contribution in [1.82, 2.24) is 0 Å². The minimum Gasteiger partial charge on any atom is -0.497 e. The predicted molar refractivity (Wildman–Crippen MR) is 104 cm³/mol. The average molecular weight is 358 g/mol. The lowest BCUT2D eigenvalue weighted by Crippen LogP contribution is -2.29. The van der Waals surface area contributed by atoms with Crippen molar-refractivity contribution in [1.29, 1.82) is 0 Å². The number of carbonyl (C=O) groups excluding carboxylic acids is 2. The van der Waals surface area contributed by atoms with Crippen molar-refractivity contribution in [2.45, 2.75) is 6.54 Å². The van der Waals surface area contributed by atoms with Crippen LogP contribution in [0.25, 0.3) is 0 Å². The summed E-state index contributed by atoms with van der Waals surface area (Å²) in [5.74, 6) is 0.0282. The molecule has 0 fully saturated rings. The van der Waals surface area contributed by atoms with Gasteiger partial charge in [-0.3, -0.25) is 9.59 Å². The van der Waals surface area contributed by atoms with Crippen LogP contribution in [0.1, 0.15) is 26.3 Å². The van der Waals surface area contributed by atoms with Crippen LogP contribution in [0.15, 0.2) is 72.8 Å². The Morgan fingerprint density at radius 2 is 1.59 bits per heavy atom. The number of nitrogens with zero attached hydrogens (tertiary/aromatic N) is 1. The average Bonchev–Trinajstić information content (AvgIpc) is 2.98. The molecule has 1 aliphatic rings. The highest BCUT2D eigenvalue weighted by atomic mass is 16.5. The first-order chi connectivity index (χ1) is 13.2. The number of methoxy groups -OCH3 is 1. The number of hydrogen-bond acceptors (Lipinski definition) is 4. The highest BCUT2D eigenvalue weighted by molar-refractivity contribution is 6.36. The standard InChI is InChI=1S/C22H18N2O3/c1-27-17-12-10-16(11-13-17)24-21(25)18-8-5-9-19(20(18)22(24)26)23-14-15-6-3-2-4-7-15/h2-13,23H,14H2,1H3. The van der Waals surface area contributed by atoms with Crippen molar-refractivity contribution in [3.63, 3.8) is 0 Å². The van der Waals surface area contributed by atoms with Gasteiger partial charge in [-0.05, 0) is 42.0 Å². The first-order valence-electron chi connectivity index (χ1n) is 8.62. The maximum atomic E-state index is 13.0. The van der Waals surface area contributed by atoms with Crippen LogP contribution in [0, 0.1) is 0 Å². The number of rotatable bonds is 5. The van der Waals surface area contributed by atoms with Gasteiger partial charge in [-0.1, -0.05) is 36.4 Å². The summed E-state index contributed by atoms with van der Waals surface area (Å²) < 4.78 is 5.14. The van der Waals surface area contributed by atoms with E-state index in [1.54, 1.807) is 43.5 Å². The summed E-state index contributed by atoms with van der Waals surface area (Å²) in [6.45, 7) is 0.571. The van der Waals surface area contributed by atoms with Crippen LogP contribution in [-0.4, -0.2) is 18.9 Å².